The summed E-state index contributed by atoms with van der Waals surface area (Å²) >= 11 is 8.60. The third kappa shape index (κ3) is 3.30. The molecule has 0 spiro atoms. The molecular weight excluding hydrogens is 338 g/mol. The van der Waals surface area contributed by atoms with Crippen molar-refractivity contribution in [3.05, 3.63) is 28.2 Å². The summed E-state index contributed by atoms with van der Waals surface area (Å²) in [5.41, 5.74) is 7.66. The zero-order valence-corrected chi connectivity index (χ0v) is 13.8. The van der Waals surface area contributed by atoms with Gasteiger partial charge in [-0.15, -0.1) is 0 Å². The van der Waals surface area contributed by atoms with Gasteiger partial charge in [0.15, 0.2) is 0 Å². The molecule has 2 rings (SSSR count). The quantitative estimate of drug-likeness (QED) is 0.814. The lowest BCUT2D eigenvalue weighted by Gasteiger charge is -2.34. The largest absolute Gasteiger partial charge is 0.389 e. The number of carbonyl (C=O) groups is 1. The number of anilines is 1. The summed E-state index contributed by atoms with van der Waals surface area (Å²) in [5.74, 6) is 0.119. The zero-order valence-electron chi connectivity index (χ0n) is 11.4. The van der Waals surface area contributed by atoms with Crippen LogP contribution in [0.15, 0.2) is 22.7 Å². The van der Waals surface area contributed by atoms with Crippen molar-refractivity contribution < 1.29 is 4.79 Å². The van der Waals surface area contributed by atoms with Gasteiger partial charge < -0.3 is 16.0 Å². The molecule has 1 aliphatic rings. The first-order chi connectivity index (χ1) is 9.52. The first kappa shape index (κ1) is 15.3. The Morgan fingerprint density at radius 1 is 1.55 bits per heavy atom. The van der Waals surface area contributed by atoms with Gasteiger partial charge >= 0.3 is 0 Å². The second-order valence-corrected chi connectivity index (χ2v) is 6.28. The highest BCUT2D eigenvalue weighted by Gasteiger charge is 2.26. The third-order valence-corrected chi connectivity index (χ3v) is 4.32. The lowest BCUT2D eigenvalue weighted by molar-refractivity contribution is -0.124. The number of thiocarbonyl (C=S) groups is 1. The SMILES string of the molecule is CNC(=O)C1CCCN(c2cc(Br)ccc2C(N)=S)C1. The average Bonchev–Trinajstić information content (AvgIpc) is 2.46. The fraction of sp³-hybridized carbons (Fsp3) is 0.429. The number of piperidine rings is 1. The number of hydrogen-bond donors (Lipinski definition) is 2. The standard InChI is InChI=1S/C14H18BrN3OS/c1-17-14(19)9-3-2-6-18(8-9)12-7-10(15)4-5-11(12)13(16)20/h4-5,7,9H,2-3,6,8H2,1H3,(H2,16,20)(H,17,19). The van der Waals surface area contributed by atoms with E-state index in [0.29, 0.717) is 11.5 Å². The van der Waals surface area contributed by atoms with Gasteiger partial charge in [0.1, 0.15) is 4.99 Å². The van der Waals surface area contributed by atoms with Gasteiger partial charge in [-0.2, -0.15) is 0 Å². The number of halogens is 1. The summed E-state index contributed by atoms with van der Waals surface area (Å²) in [5, 5.41) is 2.73. The molecule has 1 fully saturated rings. The molecule has 1 unspecified atom stereocenters. The van der Waals surface area contributed by atoms with Crippen LogP contribution in [0.3, 0.4) is 0 Å². The molecule has 1 atom stereocenters. The second kappa shape index (κ2) is 6.54. The maximum atomic E-state index is 11.8. The van der Waals surface area contributed by atoms with Gasteiger partial charge in [0.2, 0.25) is 5.91 Å². The highest BCUT2D eigenvalue weighted by Crippen LogP contribution is 2.29. The van der Waals surface area contributed by atoms with Crippen LogP contribution in [0.4, 0.5) is 5.69 Å². The molecule has 1 aliphatic heterocycles. The Morgan fingerprint density at radius 3 is 2.95 bits per heavy atom. The van der Waals surface area contributed by atoms with Crippen LogP contribution in [0, 0.1) is 5.92 Å². The monoisotopic (exact) mass is 355 g/mol. The molecule has 0 aliphatic carbocycles. The van der Waals surface area contributed by atoms with Crippen LogP contribution >= 0.6 is 28.1 Å². The van der Waals surface area contributed by atoms with Crippen molar-refractivity contribution in [2.24, 2.45) is 11.7 Å². The fourth-order valence-electron chi connectivity index (χ4n) is 2.59. The molecule has 108 valence electrons. The molecule has 0 bridgehead atoms. The van der Waals surface area contributed by atoms with E-state index in [4.69, 9.17) is 18.0 Å². The van der Waals surface area contributed by atoms with Gasteiger partial charge in [-0.3, -0.25) is 4.79 Å². The summed E-state index contributed by atoms with van der Waals surface area (Å²) in [6.45, 7) is 1.62. The van der Waals surface area contributed by atoms with Crippen LogP contribution < -0.4 is 16.0 Å². The highest BCUT2D eigenvalue weighted by molar-refractivity contribution is 9.10. The van der Waals surface area contributed by atoms with Crippen LogP contribution in [0.2, 0.25) is 0 Å². The lowest BCUT2D eigenvalue weighted by Crippen LogP contribution is -2.42. The summed E-state index contributed by atoms with van der Waals surface area (Å²) in [6.07, 6.45) is 1.91. The van der Waals surface area contributed by atoms with E-state index >= 15 is 0 Å². The van der Waals surface area contributed by atoms with Crippen LogP contribution in [0.5, 0.6) is 0 Å². The van der Waals surface area contributed by atoms with Crippen molar-refractivity contribution in [3.63, 3.8) is 0 Å². The van der Waals surface area contributed by atoms with E-state index in [1.165, 1.54) is 0 Å². The fourth-order valence-corrected chi connectivity index (χ4v) is 3.11. The Hall–Kier alpha value is -1.14. The van der Waals surface area contributed by atoms with Crippen LogP contribution in [-0.2, 0) is 4.79 Å². The van der Waals surface area contributed by atoms with Gasteiger partial charge in [0.25, 0.3) is 0 Å². The topological polar surface area (TPSA) is 58.4 Å². The van der Waals surface area contributed by atoms with Gasteiger partial charge in [-0.1, -0.05) is 28.1 Å². The van der Waals surface area contributed by atoms with Crippen molar-refractivity contribution in [2.45, 2.75) is 12.8 Å². The number of nitrogens with one attached hydrogen (secondary N) is 1. The summed E-state index contributed by atoms with van der Waals surface area (Å²) in [4.78, 5) is 14.4. The van der Waals surface area contributed by atoms with Crippen molar-refractivity contribution in [2.75, 3.05) is 25.0 Å². The minimum Gasteiger partial charge on any atom is -0.389 e. The number of hydrogen-bond acceptors (Lipinski definition) is 3. The van der Waals surface area contributed by atoms with Crippen LogP contribution in [0.25, 0.3) is 0 Å². The van der Waals surface area contributed by atoms with Gasteiger partial charge in [-0.25, -0.2) is 0 Å². The number of nitrogens with zero attached hydrogens (tertiary/aromatic N) is 1. The lowest BCUT2D eigenvalue weighted by atomic mass is 9.96. The van der Waals surface area contributed by atoms with Crippen molar-refractivity contribution >= 4 is 44.7 Å². The highest BCUT2D eigenvalue weighted by atomic mass is 79.9. The van der Waals surface area contributed by atoms with E-state index in [2.05, 4.69) is 26.1 Å². The molecule has 1 aromatic rings. The van der Waals surface area contributed by atoms with Crippen molar-refractivity contribution in [1.82, 2.24) is 5.32 Å². The predicted molar refractivity (Wildman–Crippen MR) is 89.0 cm³/mol. The van der Waals surface area contributed by atoms with Crippen molar-refractivity contribution in [3.8, 4) is 0 Å². The summed E-state index contributed by atoms with van der Waals surface area (Å²) in [7, 11) is 1.68. The summed E-state index contributed by atoms with van der Waals surface area (Å²) in [6, 6.07) is 5.87. The molecule has 1 aromatic carbocycles. The van der Waals surface area contributed by atoms with Crippen LogP contribution in [0.1, 0.15) is 18.4 Å². The van der Waals surface area contributed by atoms with Gasteiger partial charge in [0, 0.05) is 35.9 Å². The Labute approximate surface area is 132 Å². The van der Waals surface area contributed by atoms with E-state index < -0.39 is 0 Å². The number of carbonyl (C=O) groups excluding carboxylic acids is 1. The molecule has 0 radical (unpaired) electrons. The molecule has 0 aromatic heterocycles. The van der Waals surface area contributed by atoms with E-state index in [0.717, 1.165) is 35.1 Å². The molecule has 4 nitrogen and oxygen atoms in total. The first-order valence-corrected chi connectivity index (χ1v) is 7.79. The number of amides is 1. The maximum Gasteiger partial charge on any atom is 0.224 e. The van der Waals surface area contributed by atoms with Crippen LogP contribution in [-0.4, -0.2) is 31.0 Å². The Balaban J connectivity index is 2.28. The van der Waals surface area contributed by atoms with Crippen molar-refractivity contribution in [1.29, 1.82) is 0 Å². The second-order valence-electron chi connectivity index (χ2n) is 4.93. The molecule has 1 heterocycles. The van der Waals surface area contributed by atoms with E-state index in [1.54, 1.807) is 7.05 Å². The number of rotatable bonds is 3. The normalized spacial score (nSPS) is 18.7. The Bertz CT molecular complexity index is 535. The molecule has 20 heavy (non-hydrogen) atoms. The van der Waals surface area contributed by atoms with Gasteiger partial charge in [0.05, 0.1) is 5.92 Å². The maximum absolute atomic E-state index is 11.8. The molecule has 1 saturated heterocycles. The minimum absolute atomic E-state index is 0.0203. The molecule has 0 saturated carbocycles. The molecule has 3 N–H and O–H groups in total. The number of nitrogens with two attached hydrogens (primary N) is 1. The summed E-state index contributed by atoms with van der Waals surface area (Å²) < 4.78 is 0.981. The minimum atomic E-state index is 0.0203. The van der Waals surface area contributed by atoms with Gasteiger partial charge in [-0.05, 0) is 31.0 Å². The number of benzene rings is 1. The van der Waals surface area contributed by atoms with E-state index in [-0.39, 0.29) is 11.8 Å². The third-order valence-electron chi connectivity index (χ3n) is 3.60. The Kier molecular flexibility index (Phi) is 4.99. The van der Waals surface area contributed by atoms with E-state index in [9.17, 15) is 4.79 Å². The zero-order chi connectivity index (χ0) is 14.7. The van der Waals surface area contributed by atoms with E-state index in [1.807, 2.05) is 18.2 Å². The Morgan fingerprint density at radius 2 is 2.30 bits per heavy atom. The smallest absolute Gasteiger partial charge is 0.224 e. The predicted octanol–water partition coefficient (Wildman–Crippen LogP) is 2.05. The molecule has 1 amide bonds. The molecule has 6 heteroatoms. The molecular formula is C14H18BrN3OS. The first-order valence-electron chi connectivity index (χ1n) is 6.59. The average molecular weight is 356 g/mol.